The summed E-state index contributed by atoms with van der Waals surface area (Å²) in [6, 6.07) is 0. The number of hydrogen-bond acceptors (Lipinski definition) is 5. The second kappa shape index (κ2) is 6.26. The zero-order chi connectivity index (χ0) is 16.9. The van der Waals surface area contributed by atoms with Gasteiger partial charge in [-0.1, -0.05) is 27.7 Å². The molecular weight excluding hydrogens is 296 g/mol. The summed E-state index contributed by atoms with van der Waals surface area (Å²) in [6.07, 6.45) is 0.282. The van der Waals surface area contributed by atoms with E-state index in [4.69, 9.17) is 23.7 Å². The van der Waals surface area contributed by atoms with Crippen LogP contribution in [0.3, 0.4) is 0 Å². The van der Waals surface area contributed by atoms with Crippen molar-refractivity contribution in [2.75, 3.05) is 0 Å². The first-order valence-corrected chi connectivity index (χ1v) is 9.05. The second-order valence-electron chi connectivity index (χ2n) is 7.94. The highest BCUT2D eigenvalue weighted by Gasteiger charge is 2.55. The quantitative estimate of drug-likeness (QED) is 0.795. The van der Waals surface area contributed by atoms with Gasteiger partial charge >= 0.3 is 0 Å². The van der Waals surface area contributed by atoms with Crippen LogP contribution in [0.25, 0.3) is 0 Å². The molecule has 3 saturated heterocycles. The van der Waals surface area contributed by atoms with Gasteiger partial charge in [-0.2, -0.15) is 0 Å². The number of hydrogen-bond donors (Lipinski definition) is 0. The Morgan fingerprint density at radius 2 is 1.61 bits per heavy atom. The van der Waals surface area contributed by atoms with Gasteiger partial charge < -0.3 is 23.7 Å². The topological polar surface area (TPSA) is 46.2 Å². The largest absolute Gasteiger partial charge is 0.349 e. The zero-order valence-electron chi connectivity index (χ0n) is 15.4. The summed E-state index contributed by atoms with van der Waals surface area (Å²) >= 11 is 0. The molecule has 3 aliphatic heterocycles. The lowest BCUT2D eigenvalue weighted by atomic mass is 9.78. The average molecular weight is 328 g/mol. The fourth-order valence-corrected chi connectivity index (χ4v) is 4.09. The van der Waals surface area contributed by atoms with Gasteiger partial charge in [-0.3, -0.25) is 0 Å². The molecule has 0 N–H and O–H groups in total. The van der Waals surface area contributed by atoms with E-state index < -0.39 is 5.79 Å². The van der Waals surface area contributed by atoms with Crippen LogP contribution in [0.5, 0.6) is 0 Å². The first-order valence-electron chi connectivity index (χ1n) is 9.05. The van der Waals surface area contributed by atoms with Crippen LogP contribution in [0.4, 0.5) is 0 Å². The average Bonchev–Trinajstić information content (AvgIpc) is 2.91. The first kappa shape index (κ1) is 17.6. The highest BCUT2D eigenvalue weighted by Crippen LogP contribution is 2.42. The summed E-state index contributed by atoms with van der Waals surface area (Å²) < 4.78 is 30.3. The van der Waals surface area contributed by atoms with E-state index in [1.165, 1.54) is 0 Å². The van der Waals surface area contributed by atoms with Gasteiger partial charge in [0.2, 0.25) is 0 Å². The van der Waals surface area contributed by atoms with Crippen molar-refractivity contribution < 1.29 is 23.7 Å². The summed E-state index contributed by atoms with van der Waals surface area (Å²) in [6.45, 7) is 14.8. The maximum atomic E-state index is 6.38. The van der Waals surface area contributed by atoms with Gasteiger partial charge in [0.25, 0.3) is 0 Å². The molecule has 23 heavy (non-hydrogen) atoms. The molecule has 9 atom stereocenters. The number of ether oxygens (including phenoxy) is 5. The SMILES string of the molecule is CCC1O[C@@H](O[C@@H]2[C@H]3OC(C)(C)O[C@H]3O[C@@H]2C)C(C)[C@@H](C)[C@H]1C. The summed E-state index contributed by atoms with van der Waals surface area (Å²) in [7, 11) is 0. The third-order valence-corrected chi connectivity index (χ3v) is 5.90. The third kappa shape index (κ3) is 3.19. The lowest BCUT2D eigenvalue weighted by Crippen LogP contribution is -2.49. The van der Waals surface area contributed by atoms with Crippen molar-refractivity contribution in [1.29, 1.82) is 0 Å². The Bertz CT molecular complexity index is 424. The van der Waals surface area contributed by atoms with Crippen LogP contribution in [-0.4, -0.2) is 42.8 Å². The van der Waals surface area contributed by atoms with Gasteiger partial charge in [0.05, 0.1) is 12.2 Å². The molecule has 0 aliphatic carbocycles. The van der Waals surface area contributed by atoms with Crippen molar-refractivity contribution >= 4 is 0 Å². The van der Waals surface area contributed by atoms with Gasteiger partial charge in [0.15, 0.2) is 18.4 Å². The minimum Gasteiger partial charge on any atom is -0.349 e. The summed E-state index contributed by atoms with van der Waals surface area (Å²) in [5.41, 5.74) is 0. The van der Waals surface area contributed by atoms with E-state index in [0.29, 0.717) is 17.8 Å². The minimum absolute atomic E-state index is 0.0633. The zero-order valence-corrected chi connectivity index (χ0v) is 15.4. The molecule has 0 aromatic rings. The summed E-state index contributed by atoms with van der Waals surface area (Å²) in [4.78, 5) is 0. The van der Waals surface area contributed by atoms with Crippen molar-refractivity contribution in [3.05, 3.63) is 0 Å². The second-order valence-corrected chi connectivity index (χ2v) is 7.94. The molecule has 5 nitrogen and oxygen atoms in total. The number of rotatable bonds is 3. The molecule has 0 aromatic carbocycles. The van der Waals surface area contributed by atoms with Crippen molar-refractivity contribution in [2.45, 2.75) is 97.7 Å². The Morgan fingerprint density at radius 3 is 2.26 bits per heavy atom. The van der Waals surface area contributed by atoms with Gasteiger partial charge in [-0.05, 0) is 39.0 Å². The first-order chi connectivity index (χ1) is 10.7. The predicted octanol–water partition coefficient (Wildman–Crippen LogP) is 3.31. The molecule has 3 aliphatic rings. The third-order valence-electron chi connectivity index (χ3n) is 5.90. The molecule has 0 saturated carbocycles. The van der Waals surface area contributed by atoms with Gasteiger partial charge in [0, 0.05) is 5.92 Å². The molecule has 134 valence electrons. The molecule has 3 heterocycles. The van der Waals surface area contributed by atoms with Crippen LogP contribution in [0, 0.1) is 17.8 Å². The van der Waals surface area contributed by atoms with Crippen molar-refractivity contribution in [3.63, 3.8) is 0 Å². The van der Waals surface area contributed by atoms with Crippen LogP contribution in [0.2, 0.25) is 0 Å². The van der Waals surface area contributed by atoms with Crippen LogP contribution in [0.15, 0.2) is 0 Å². The van der Waals surface area contributed by atoms with Crippen molar-refractivity contribution in [1.82, 2.24) is 0 Å². The lowest BCUT2D eigenvalue weighted by Gasteiger charge is -2.44. The van der Waals surface area contributed by atoms with E-state index in [1.54, 1.807) is 0 Å². The maximum Gasteiger partial charge on any atom is 0.190 e. The smallest absolute Gasteiger partial charge is 0.190 e. The molecule has 2 unspecified atom stereocenters. The van der Waals surface area contributed by atoms with Crippen LogP contribution < -0.4 is 0 Å². The van der Waals surface area contributed by atoms with Crippen molar-refractivity contribution in [3.8, 4) is 0 Å². The monoisotopic (exact) mass is 328 g/mol. The van der Waals surface area contributed by atoms with E-state index in [-0.39, 0.29) is 37.0 Å². The molecule has 0 aromatic heterocycles. The minimum atomic E-state index is -0.621. The van der Waals surface area contributed by atoms with E-state index in [1.807, 2.05) is 20.8 Å². The van der Waals surface area contributed by atoms with E-state index in [9.17, 15) is 0 Å². The van der Waals surface area contributed by atoms with E-state index in [0.717, 1.165) is 6.42 Å². The predicted molar refractivity (Wildman–Crippen MR) is 85.7 cm³/mol. The fourth-order valence-electron chi connectivity index (χ4n) is 4.09. The van der Waals surface area contributed by atoms with Gasteiger partial charge in [-0.25, -0.2) is 0 Å². The Morgan fingerprint density at radius 1 is 0.913 bits per heavy atom. The van der Waals surface area contributed by atoms with Gasteiger partial charge in [0.1, 0.15) is 12.2 Å². The summed E-state index contributed by atoms with van der Waals surface area (Å²) in [5, 5.41) is 0. The lowest BCUT2D eigenvalue weighted by molar-refractivity contribution is -0.284. The van der Waals surface area contributed by atoms with E-state index in [2.05, 4.69) is 27.7 Å². The molecule has 0 amide bonds. The molecular formula is C18H32O5. The van der Waals surface area contributed by atoms with Crippen LogP contribution >= 0.6 is 0 Å². The Kier molecular flexibility index (Phi) is 4.80. The maximum absolute atomic E-state index is 6.38. The summed E-state index contributed by atoms with van der Waals surface area (Å²) in [5.74, 6) is 0.827. The molecule has 3 fully saturated rings. The van der Waals surface area contributed by atoms with Gasteiger partial charge in [-0.15, -0.1) is 0 Å². The molecule has 5 heteroatoms. The normalized spacial score (nSPS) is 52.6. The Balaban J connectivity index is 1.70. The van der Waals surface area contributed by atoms with Crippen LogP contribution in [0.1, 0.15) is 54.9 Å². The van der Waals surface area contributed by atoms with E-state index >= 15 is 0 Å². The fraction of sp³-hybridized carbons (Fsp3) is 1.00. The molecule has 0 radical (unpaired) electrons. The molecule has 0 bridgehead atoms. The molecule has 3 rings (SSSR count). The highest BCUT2D eigenvalue weighted by molar-refractivity contribution is 4.93. The van der Waals surface area contributed by atoms with Crippen molar-refractivity contribution in [2.24, 2.45) is 17.8 Å². The standard InChI is InChI=1S/C18H32O5/c1-8-13-10(3)9(2)11(4)16(20-13)21-14-12(5)19-17-15(14)22-18(6,7)23-17/h9-17H,8H2,1-7H3/t9-,10+,11?,12+,13?,14-,15+,16-,17+/m0/s1. The Labute approximate surface area is 139 Å². The molecule has 0 spiro atoms. The number of fused-ring (bicyclic) bond motifs is 1. The Hall–Kier alpha value is -0.200. The van der Waals surface area contributed by atoms with Crippen LogP contribution in [-0.2, 0) is 23.7 Å². The highest BCUT2D eigenvalue weighted by atomic mass is 16.8.